The lowest BCUT2D eigenvalue weighted by molar-refractivity contribution is -0.127. The van der Waals surface area contributed by atoms with Crippen molar-refractivity contribution < 1.29 is 22.0 Å². The quantitative estimate of drug-likeness (QED) is 0.826. The third-order valence-corrected chi connectivity index (χ3v) is 6.50. The molecule has 150 valence electrons. The molecule has 1 amide bonds. The zero-order chi connectivity index (χ0) is 20.3. The van der Waals surface area contributed by atoms with Crippen LogP contribution in [0, 0.1) is 11.6 Å². The van der Waals surface area contributed by atoms with Gasteiger partial charge in [-0.25, -0.2) is 17.2 Å². The molecule has 0 aromatic heterocycles. The average Bonchev–Trinajstić information content (AvgIpc) is 2.64. The number of hydrogen-bond donors (Lipinski definition) is 1. The topological polar surface area (TPSA) is 66.5 Å². The van der Waals surface area contributed by atoms with Crippen molar-refractivity contribution in [1.82, 2.24) is 10.2 Å². The highest BCUT2D eigenvalue weighted by atomic mass is 32.2. The van der Waals surface area contributed by atoms with Crippen molar-refractivity contribution in [2.24, 2.45) is 0 Å². The van der Waals surface area contributed by atoms with Crippen LogP contribution in [0.2, 0.25) is 0 Å². The van der Waals surface area contributed by atoms with Gasteiger partial charge in [0.15, 0.2) is 9.84 Å². The molecule has 2 aromatic carbocycles. The number of halogens is 2. The van der Waals surface area contributed by atoms with E-state index in [-0.39, 0.29) is 36.1 Å². The fraction of sp³-hybridized carbons (Fsp3) is 0.350. The van der Waals surface area contributed by atoms with Crippen molar-refractivity contribution in [3.63, 3.8) is 0 Å². The van der Waals surface area contributed by atoms with Crippen LogP contribution in [0.25, 0.3) is 0 Å². The van der Waals surface area contributed by atoms with Crippen LogP contribution in [0.1, 0.15) is 30.1 Å². The van der Waals surface area contributed by atoms with E-state index in [1.54, 1.807) is 31.2 Å². The van der Waals surface area contributed by atoms with Gasteiger partial charge in [-0.1, -0.05) is 36.4 Å². The Kier molecular flexibility index (Phi) is 6.10. The van der Waals surface area contributed by atoms with E-state index in [1.807, 2.05) is 11.0 Å². The number of sulfone groups is 1. The summed E-state index contributed by atoms with van der Waals surface area (Å²) >= 11 is 0. The molecular formula is C20H22F2N2O3S. The van der Waals surface area contributed by atoms with Gasteiger partial charge in [0.2, 0.25) is 5.91 Å². The van der Waals surface area contributed by atoms with Crippen LogP contribution in [-0.2, 0) is 14.6 Å². The zero-order valence-corrected chi connectivity index (χ0v) is 16.3. The maximum absolute atomic E-state index is 14.0. The molecule has 5 nitrogen and oxygen atoms in total. The Morgan fingerprint density at radius 1 is 1.07 bits per heavy atom. The molecule has 0 bridgehead atoms. The van der Waals surface area contributed by atoms with E-state index >= 15 is 0 Å². The van der Waals surface area contributed by atoms with E-state index in [0.29, 0.717) is 0 Å². The molecule has 2 unspecified atom stereocenters. The Hall–Kier alpha value is -2.32. The number of nitrogens with zero attached hydrogens (tertiary/aromatic N) is 1. The first-order valence-corrected chi connectivity index (χ1v) is 10.8. The second kappa shape index (κ2) is 8.36. The van der Waals surface area contributed by atoms with Gasteiger partial charge in [-0.3, -0.25) is 9.69 Å². The highest BCUT2D eigenvalue weighted by Gasteiger charge is 2.33. The zero-order valence-electron chi connectivity index (χ0n) is 15.4. The Morgan fingerprint density at radius 2 is 1.71 bits per heavy atom. The maximum Gasteiger partial charge on any atom is 0.242 e. The van der Waals surface area contributed by atoms with Crippen LogP contribution in [0.15, 0.2) is 48.5 Å². The Labute approximate surface area is 163 Å². The third kappa shape index (κ3) is 4.74. The summed E-state index contributed by atoms with van der Waals surface area (Å²) in [6.45, 7) is 2.11. The second-order valence-corrected chi connectivity index (χ2v) is 9.20. The molecule has 2 aromatic rings. The van der Waals surface area contributed by atoms with Crippen LogP contribution in [0.5, 0.6) is 0 Å². The molecule has 0 aliphatic carbocycles. The number of benzene rings is 2. The molecule has 1 N–H and O–H groups in total. The smallest absolute Gasteiger partial charge is 0.242 e. The summed E-state index contributed by atoms with van der Waals surface area (Å²) in [5.74, 6) is -1.79. The van der Waals surface area contributed by atoms with Crippen molar-refractivity contribution >= 4 is 15.7 Å². The summed E-state index contributed by atoms with van der Waals surface area (Å²) in [7, 11) is -3.09. The molecular weight excluding hydrogens is 386 g/mol. The maximum atomic E-state index is 14.0. The molecule has 2 atom stereocenters. The highest BCUT2D eigenvalue weighted by molar-refractivity contribution is 7.91. The van der Waals surface area contributed by atoms with Crippen molar-refractivity contribution in [2.45, 2.75) is 19.0 Å². The van der Waals surface area contributed by atoms with E-state index in [9.17, 15) is 22.0 Å². The fourth-order valence-corrected chi connectivity index (χ4v) is 4.60. The van der Waals surface area contributed by atoms with Gasteiger partial charge in [-0.15, -0.1) is 0 Å². The third-order valence-electron chi connectivity index (χ3n) is 4.90. The summed E-state index contributed by atoms with van der Waals surface area (Å²) in [6, 6.07) is 10.9. The van der Waals surface area contributed by atoms with Gasteiger partial charge in [-0.05, 0) is 18.6 Å². The first-order valence-electron chi connectivity index (χ1n) is 9.01. The molecule has 1 saturated heterocycles. The van der Waals surface area contributed by atoms with Crippen molar-refractivity contribution in [1.29, 1.82) is 0 Å². The summed E-state index contributed by atoms with van der Waals surface area (Å²) in [4.78, 5) is 14.9. The average molecular weight is 408 g/mol. The van der Waals surface area contributed by atoms with Crippen LogP contribution in [-0.4, -0.2) is 43.8 Å². The standard InChI is InChI=1S/C20H22F2N2O3S/c1-14(17-8-7-16(21)13-18(17)22)23-20(25)19(15-5-3-2-4-6-15)24-9-11-28(26,27)12-10-24/h2-8,13-14,19H,9-12H2,1H3,(H,23,25). The van der Waals surface area contributed by atoms with E-state index in [4.69, 9.17) is 0 Å². The van der Waals surface area contributed by atoms with Crippen LogP contribution < -0.4 is 5.32 Å². The lowest BCUT2D eigenvalue weighted by Crippen LogP contribution is -2.48. The number of nitrogens with one attached hydrogen (secondary N) is 1. The summed E-state index contributed by atoms with van der Waals surface area (Å²) in [5, 5.41) is 2.78. The lowest BCUT2D eigenvalue weighted by Gasteiger charge is -2.34. The predicted molar refractivity (Wildman–Crippen MR) is 102 cm³/mol. The molecule has 28 heavy (non-hydrogen) atoms. The van der Waals surface area contributed by atoms with Gasteiger partial charge in [0.1, 0.15) is 17.7 Å². The molecule has 1 aliphatic rings. The number of amides is 1. The van der Waals surface area contributed by atoms with Gasteiger partial charge in [0.25, 0.3) is 0 Å². The Morgan fingerprint density at radius 3 is 2.32 bits per heavy atom. The van der Waals surface area contributed by atoms with Crippen molar-refractivity contribution in [2.75, 3.05) is 24.6 Å². The number of rotatable bonds is 5. The predicted octanol–water partition coefficient (Wildman–Crippen LogP) is 2.61. The van der Waals surface area contributed by atoms with Crippen LogP contribution in [0.4, 0.5) is 8.78 Å². The van der Waals surface area contributed by atoms with Crippen molar-refractivity contribution in [3.8, 4) is 0 Å². The highest BCUT2D eigenvalue weighted by Crippen LogP contribution is 2.25. The van der Waals surface area contributed by atoms with Crippen LogP contribution in [0.3, 0.4) is 0 Å². The minimum absolute atomic E-state index is 0.00818. The number of carbonyl (C=O) groups is 1. The molecule has 0 radical (unpaired) electrons. The molecule has 1 fully saturated rings. The summed E-state index contributed by atoms with van der Waals surface area (Å²) in [6.07, 6.45) is 0. The monoisotopic (exact) mass is 408 g/mol. The lowest BCUT2D eigenvalue weighted by atomic mass is 10.0. The second-order valence-electron chi connectivity index (χ2n) is 6.90. The largest absolute Gasteiger partial charge is 0.348 e. The van der Waals surface area contributed by atoms with Gasteiger partial charge in [0, 0.05) is 24.7 Å². The normalized spacial score (nSPS) is 19.0. The van der Waals surface area contributed by atoms with E-state index < -0.39 is 33.6 Å². The fourth-order valence-electron chi connectivity index (χ4n) is 3.37. The molecule has 0 spiro atoms. The minimum atomic E-state index is -3.09. The van der Waals surface area contributed by atoms with E-state index in [0.717, 1.165) is 17.7 Å². The molecule has 0 saturated carbocycles. The van der Waals surface area contributed by atoms with Gasteiger partial charge < -0.3 is 5.32 Å². The molecule has 1 heterocycles. The molecule has 3 rings (SSSR count). The van der Waals surface area contributed by atoms with Crippen molar-refractivity contribution in [3.05, 3.63) is 71.3 Å². The molecule has 8 heteroatoms. The molecule has 1 aliphatic heterocycles. The van der Waals surface area contributed by atoms with E-state index in [2.05, 4.69) is 5.32 Å². The first-order chi connectivity index (χ1) is 13.3. The van der Waals surface area contributed by atoms with Gasteiger partial charge >= 0.3 is 0 Å². The van der Waals surface area contributed by atoms with Gasteiger partial charge in [-0.2, -0.15) is 0 Å². The van der Waals surface area contributed by atoms with Crippen LogP contribution >= 0.6 is 0 Å². The van der Waals surface area contributed by atoms with E-state index in [1.165, 1.54) is 6.07 Å². The summed E-state index contributed by atoms with van der Waals surface area (Å²) < 4.78 is 50.7. The minimum Gasteiger partial charge on any atom is -0.348 e. The summed E-state index contributed by atoms with van der Waals surface area (Å²) in [5.41, 5.74) is 0.911. The first kappa shape index (κ1) is 20.4. The van der Waals surface area contributed by atoms with Gasteiger partial charge in [0.05, 0.1) is 17.5 Å². The number of carbonyl (C=O) groups excluding carboxylic acids is 1. The number of hydrogen-bond acceptors (Lipinski definition) is 4. The Balaban J connectivity index is 1.82. The Bertz CT molecular complexity index is 937. The SMILES string of the molecule is CC(NC(=O)C(c1ccccc1)N1CCS(=O)(=O)CC1)c1ccc(F)cc1F.